The fraction of sp³-hybridized carbons (Fsp3) is 0.150. The van der Waals surface area contributed by atoms with E-state index in [9.17, 15) is 14.4 Å². The minimum absolute atomic E-state index is 0.0815. The van der Waals surface area contributed by atoms with Gasteiger partial charge in [-0.2, -0.15) is 0 Å². The molecule has 3 rings (SSSR count). The number of hydrogen-bond acceptors (Lipinski definition) is 7. The predicted octanol–water partition coefficient (Wildman–Crippen LogP) is 2.72. The Morgan fingerprint density at radius 2 is 1.67 bits per heavy atom. The minimum Gasteiger partial charge on any atom is -0.433 e. The molecule has 0 saturated carbocycles. The SMILES string of the molecule is CC(=O)Oc1ccc(C=C2NC(c3ccccc3)OC2=O)cc1OC(C)=O. The average Bonchev–Trinajstić information content (AvgIpc) is 2.98. The molecule has 1 aliphatic rings. The maximum absolute atomic E-state index is 12.1. The number of esters is 3. The second-order valence-corrected chi connectivity index (χ2v) is 5.79. The molecule has 1 atom stereocenters. The zero-order valence-corrected chi connectivity index (χ0v) is 14.7. The van der Waals surface area contributed by atoms with Crippen LogP contribution >= 0.6 is 0 Å². The molecule has 2 aromatic carbocycles. The van der Waals surface area contributed by atoms with E-state index < -0.39 is 24.1 Å². The molecular weight excluding hydrogens is 350 g/mol. The first-order valence-corrected chi connectivity index (χ1v) is 8.17. The topological polar surface area (TPSA) is 90.9 Å². The third-order valence-corrected chi connectivity index (χ3v) is 3.62. The van der Waals surface area contributed by atoms with E-state index in [0.717, 1.165) is 5.56 Å². The van der Waals surface area contributed by atoms with Crippen LogP contribution in [0.4, 0.5) is 0 Å². The summed E-state index contributed by atoms with van der Waals surface area (Å²) in [5.41, 5.74) is 1.65. The molecule has 0 radical (unpaired) electrons. The van der Waals surface area contributed by atoms with E-state index in [0.29, 0.717) is 5.56 Å². The third-order valence-electron chi connectivity index (χ3n) is 3.62. The molecule has 2 aromatic rings. The Morgan fingerprint density at radius 1 is 1.00 bits per heavy atom. The average molecular weight is 367 g/mol. The maximum atomic E-state index is 12.1. The van der Waals surface area contributed by atoms with Gasteiger partial charge in [-0.15, -0.1) is 0 Å². The molecule has 7 nitrogen and oxygen atoms in total. The Kier molecular flexibility index (Phi) is 5.21. The zero-order valence-electron chi connectivity index (χ0n) is 14.7. The summed E-state index contributed by atoms with van der Waals surface area (Å²) in [6, 6.07) is 13.9. The molecule has 1 saturated heterocycles. The lowest BCUT2D eigenvalue weighted by Crippen LogP contribution is -2.12. The van der Waals surface area contributed by atoms with Gasteiger partial charge in [-0.25, -0.2) is 4.79 Å². The van der Waals surface area contributed by atoms with Gasteiger partial charge in [0.05, 0.1) is 0 Å². The fourth-order valence-electron chi connectivity index (χ4n) is 2.53. The van der Waals surface area contributed by atoms with Crippen LogP contribution in [0.3, 0.4) is 0 Å². The minimum atomic E-state index is -0.571. The summed E-state index contributed by atoms with van der Waals surface area (Å²) in [7, 11) is 0. The smallest absolute Gasteiger partial charge is 0.356 e. The van der Waals surface area contributed by atoms with Gasteiger partial charge in [-0.1, -0.05) is 36.4 Å². The van der Waals surface area contributed by atoms with Gasteiger partial charge in [0.1, 0.15) is 5.70 Å². The Morgan fingerprint density at radius 3 is 2.33 bits per heavy atom. The first-order chi connectivity index (χ1) is 12.9. The first kappa shape index (κ1) is 18.2. The van der Waals surface area contributed by atoms with Crippen LogP contribution in [-0.4, -0.2) is 17.9 Å². The van der Waals surface area contributed by atoms with Crippen LogP contribution in [0.15, 0.2) is 54.2 Å². The Bertz CT molecular complexity index is 919. The van der Waals surface area contributed by atoms with Crippen molar-refractivity contribution in [2.24, 2.45) is 0 Å². The lowest BCUT2D eigenvalue weighted by atomic mass is 10.1. The number of cyclic esters (lactones) is 1. The van der Waals surface area contributed by atoms with Crippen LogP contribution in [0.1, 0.15) is 31.2 Å². The van der Waals surface area contributed by atoms with Crippen molar-refractivity contribution < 1.29 is 28.6 Å². The molecule has 1 heterocycles. The fourth-order valence-corrected chi connectivity index (χ4v) is 2.53. The zero-order chi connectivity index (χ0) is 19.4. The van der Waals surface area contributed by atoms with Crippen molar-refractivity contribution in [2.45, 2.75) is 20.1 Å². The van der Waals surface area contributed by atoms with E-state index in [1.807, 2.05) is 30.3 Å². The molecule has 0 aliphatic carbocycles. The number of hydrogen-bond donors (Lipinski definition) is 1. The third kappa shape index (κ3) is 4.52. The van der Waals surface area contributed by atoms with E-state index in [4.69, 9.17) is 14.2 Å². The van der Waals surface area contributed by atoms with E-state index in [2.05, 4.69) is 5.32 Å². The Labute approximate surface area is 155 Å². The molecule has 0 spiro atoms. The normalized spacial score (nSPS) is 17.2. The van der Waals surface area contributed by atoms with Gasteiger partial charge >= 0.3 is 17.9 Å². The molecule has 1 fully saturated rings. The summed E-state index contributed by atoms with van der Waals surface area (Å²) in [4.78, 5) is 34.6. The number of nitrogens with one attached hydrogen (secondary N) is 1. The summed E-state index contributed by atoms with van der Waals surface area (Å²) in [6.07, 6.45) is 0.994. The van der Waals surface area contributed by atoms with Crippen molar-refractivity contribution in [3.05, 3.63) is 65.4 Å². The van der Waals surface area contributed by atoms with Crippen LogP contribution in [0.25, 0.3) is 6.08 Å². The number of ether oxygens (including phenoxy) is 3. The second kappa shape index (κ2) is 7.74. The van der Waals surface area contributed by atoms with E-state index in [-0.39, 0.29) is 17.2 Å². The Hall–Kier alpha value is -3.61. The lowest BCUT2D eigenvalue weighted by Gasteiger charge is -2.10. The van der Waals surface area contributed by atoms with E-state index >= 15 is 0 Å². The van der Waals surface area contributed by atoms with Crippen molar-refractivity contribution >= 4 is 24.0 Å². The number of benzene rings is 2. The van der Waals surface area contributed by atoms with Gasteiger partial charge in [0.2, 0.25) is 0 Å². The van der Waals surface area contributed by atoms with Crippen LogP contribution in [-0.2, 0) is 19.1 Å². The molecule has 1 unspecified atom stereocenters. The van der Waals surface area contributed by atoms with E-state index in [1.54, 1.807) is 12.1 Å². The van der Waals surface area contributed by atoms with Gasteiger partial charge in [0.15, 0.2) is 17.7 Å². The largest absolute Gasteiger partial charge is 0.433 e. The first-order valence-electron chi connectivity index (χ1n) is 8.17. The summed E-state index contributed by atoms with van der Waals surface area (Å²) in [6.45, 7) is 2.48. The van der Waals surface area contributed by atoms with Crippen molar-refractivity contribution in [3.63, 3.8) is 0 Å². The molecule has 1 aliphatic heterocycles. The summed E-state index contributed by atoms with van der Waals surface area (Å²) in [5.74, 6) is -1.40. The van der Waals surface area contributed by atoms with Crippen molar-refractivity contribution in [3.8, 4) is 11.5 Å². The van der Waals surface area contributed by atoms with Crippen LogP contribution < -0.4 is 14.8 Å². The monoisotopic (exact) mass is 367 g/mol. The second-order valence-electron chi connectivity index (χ2n) is 5.79. The van der Waals surface area contributed by atoms with Crippen molar-refractivity contribution in [2.75, 3.05) is 0 Å². The summed E-state index contributed by atoms with van der Waals surface area (Å²) >= 11 is 0. The van der Waals surface area contributed by atoms with Gasteiger partial charge in [0, 0.05) is 19.4 Å². The quantitative estimate of drug-likeness (QED) is 0.505. The molecule has 7 heteroatoms. The Balaban J connectivity index is 1.86. The predicted molar refractivity (Wildman–Crippen MR) is 95.4 cm³/mol. The highest BCUT2D eigenvalue weighted by molar-refractivity contribution is 5.95. The van der Waals surface area contributed by atoms with Crippen LogP contribution in [0.2, 0.25) is 0 Å². The summed E-state index contributed by atoms with van der Waals surface area (Å²) < 4.78 is 15.4. The van der Waals surface area contributed by atoms with Crippen molar-refractivity contribution in [1.82, 2.24) is 5.32 Å². The maximum Gasteiger partial charge on any atom is 0.356 e. The van der Waals surface area contributed by atoms with Crippen LogP contribution in [0.5, 0.6) is 11.5 Å². The highest BCUT2D eigenvalue weighted by Gasteiger charge is 2.29. The molecule has 138 valence electrons. The highest BCUT2D eigenvalue weighted by Crippen LogP contribution is 2.31. The van der Waals surface area contributed by atoms with Gasteiger partial charge in [-0.3, -0.25) is 9.59 Å². The van der Waals surface area contributed by atoms with Gasteiger partial charge in [-0.05, 0) is 23.8 Å². The van der Waals surface area contributed by atoms with Crippen molar-refractivity contribution in [1.29, 1.82) is 0 Å². The molecule has 0 aromatic heterocycles. The number of rotatable bonds is 4. The standard InChI is InChI=1S/C20H17NO6/c1-12(22)25-17-9-8-14(11-18(17)26-13(2)23)10-16-20(24)27-19(21-16)15-6-4-3-5-7-15/h3-11,19,21H,1-2H3. The number of carbonyl (C=O) groups excluding carboxylic acids is 3. The molecule has 0 bridgehead atoms. The van der Waals surface area contributed by atoms with Gasteiger partial charge in [0.25, 0.3) is 0 Å². The molecule has 27 heavy (non-hydrogen) atoms. The molecular formula is C20H17NO6. The van der Waals surface area contributed by atoms with Gasteiger partial charge < -0.3 is 19.5 Å². The van der Waals surface area contributed by atoms with Crippen LogP contribution in [0, 0.1) is 0 Å². The summed E-state index contributed by atoms with van der Waals surface area (Å²) in [5, 5.41) is 3.01. The molecule has 0 amide bonds. The highest BCUT2D eigenvalue weighted by atomic mass is 16.6. The van der Waals surface area contributed by atoms with E-state index in [1.165, 1.54) is 26.0 Å². The molecule has 1 N–H and O–H groups in total. The lowest BCUT2D eigenvalue weighted by molar-refractivity contribution is -0.139. The number of carbonyl (C=O) groups is 3.